The Morgan fingerprint density at radius 1 is 0.559 bits per heavy atom. The zero-order valence-electron chi connectivity index (χ0n) is 33.5. The molecule has 1 aliphatic rings. The van der Waals surface area contributed by atoms with Gasteiger partial charge < -0.3 is 19.5 Å². The van der Waals surface area contributed by atoms with Crippen molar-refractivity contribution >= 4 is 12.1 Å². The number of carbonyl (C=O) groups excluding carboxylic acids is 2. The molecule has 0 unspecified atom stereocenters. The van der Waals surface area contributed by atoms with Crippen LogP contribution in [0.2, 0.25) is 0 Å². The van der Waals surface area contributed by atoms with Crippen LogP contribution in [0.4, 0.5) is 4.79 Å². The number of hydrogen-bond donors (Lipinski definition) is 1. The number of aryl methyl sites for hydroxylation is 2. The maximum atomic E-state index is 14.9. The van der Waals surface area contributed by atoms with E-state index in [1.165, 1.54) is 0 Å². The molecule has 59 heavy (non-hydrogen) atoms. The lowest BCUT2D eigenvalue weighted by Crippen LogP contribution is -2.52. The van der Waals surface area contributed by atoms with Crippen molar-refractivity contribution in [3.63, 3.8) is 0 Å². The molecule has 0 radical (unpaired) electrons. The summed E-state index contributed by atoms with van der Waals surface area (Å²) in [5.41, 5.74) is 9.57. The molecule has 1 amide bonds. The Hall–Kier alpha value is -6.76. The molecule has 6 nitrogen and oxygen atoms in total. The summed E-state index contributed by atoms with van der Waals surface area (Å²) in [7, 11) is 0. The molecular weight excluding hydrogens is 731 g/mol. The predicted octanol–water partition coefficient (Wildman–Crippen LogP) is 11.2. The molecule has 6 heteroatoms. The van der Waals surface area contributed by atoms with Crippen LogP contribution in [0.25, 0.3) is 11.1 Å². The zero-order chi connectivity index (χ0) is 40.8. The topological polar surface area (TPSA) is 73.9 Å². The summed E-state index contributed by atoms with van der Waals surface area (Å²) in [4.78, 5) is 29.0. The Labute approximate surface area is 346 Å². The van der Waals surface area contributed by atoms with Crippen molar-refractivity contribution in [1.82, 2.24) is 5.32 Å². The largest absolute Gasteiger partial charge is 0.451 e. The first-order valence-corrected chi connectivity index (χ1v) is 20.1. The lowest BCUT2D eigenvalue weighted by molar-refractivity contribution is -0.157. The maximum absolute atomic E-state index is 14.9. The molecule has 8 rings (SSSR count). The molecule has 2 atom stereocenters. The molecule has 0 spiro atoms. The number of fused-ring (bicyclic) bond motifs is 3. The molecule has 1 N–H and O–H groups in total. The Balaban J connectivity index is 1.16. The van der Waals surface area contributed by atoms with E-state index in [-0.39, 0.29) is 12.5 Å². The second-order valence-electron chi connectivity index (χ2n) is 15.2. The fourth-order valence-corrected chi connectivity index (χ4v) is 8.21. The number of nitrogens with one attached hydrogen (secondary N) is 1. The fraction of sp³-hybridized carbons (Fsp3) is 0.170. The summed E-state index contributed by atoms with van der Waals surface area (Å²) in [6.45, 7) is 5.91. The number of ether oxygens (including phenoxy) is 3. The highest BCUT2D eigenvalue weighted by atomic mass is 16.6. The highest BCUT2D eigenvalue weighted by Crippen LogP contribution is 2.45. The lowest BCUT2D eigenvalue weighted by atomic mass is 9.79. The van der Waals surface area contributed by atoms with Crippen LogP contribution >= 0.6 is 0 Å². The summed E-state index contributed by atoms with van der Waals surface area (Å²) in [5, 5.41) is 2.93. The van der Waals surface area contributed by atoms with Gasteiger partial charge in [-0.25, -0.2) is 9.59 Å². The minimum Gasteiger partial charge on any atom is -0.451 e. The van der Waals surface area contributed by atoms with Crippen molar-refractivity contribution in [3.8, 4) is 11.1 Å². The number of benzene rings is 7. The quantitative estimate of drug-likeness (QED) is 0.0932. The second-order valence-corrected chi connectivity index (χ2v) is 15.2. The van der Waals surface area contributed by atoms with E-state index in [2.05, 4.69) is 29.6 Å². The number of carbonyl (C=O) groups is 2. The number of amides is 1. The van der Waals surface area contributed by atoms with Crippen LogP contribution in [-0.2, 0) is 24.6 Å². The van der Waals surface area contributed by atoms with Gasteiger partial charge in [0.25, 0.3) is 0 Å². The first kappa shape index (κ1) is 39.1. The molecule has 7 aromatic carbocycles. The van der Waals surface area contributed by atoms with Gasteiger partial charge in [0.15, 0.2) is 12.1 Å². The molecule has 0 heterocycles. The third kappa shape index (κ3) is 8.18. The van der Waals surface area contributed by atoms with Gasteiger partial charge >= 0.3 is 12.1 Å². The van der Waals surface area contributed by atoms with Crippen molar-refractivity contribution in [2.75, 3.05) is 6.61 Å². The minimum atomic E-state index is -1.29. The summed E-state index contributed by atoms with van der Waals surface area (Å²) in [6, 6.07) is 60.7. The van der Waals surface area contributed by atoms with E-state index in [1.807, 2.05) is 178 Å². The molecule has 0 aromatic heterocycles. The smallest absolute Gasteiger partial charge is 0.407 e. The van der Waals surface area contributed by atoms with Gasteiger partial charge in [0.1, 0.15) is 12.2 Å². The first-order chi connectivity index (χ1) is 28.8. The van der Waals surface area contributed by atoms with Crippen LogP contribution in [0.5, 0.6) is 0 Å². The minimum absolute atomic E-state index is 0.0776. The molecule has 0 saturated heterocycles. The first-order valence-electron chi connectivity index (χ1n) is 20.1. The van der Waals surface area contributed by atoms with Crippen LogP contribution in [0.1, 0.15) is 69.0 Å². The maximum Gasteiger partial charge on any atom is 0.407 e. The third-order valence-corrected chi connectivity index (χ3v) is 11.2. The molecule has 0 saturated carbocycles. The van der Waals surface area contributed by atoms with Gasteiger partial charge in [0, 0.05) is 5.92 Å². The molecule has 7 aromatic rings. The van der Waals surface area contributed by atoms with Gasteiger partial charge in [-0.1, -0.05) is 199 Å². The number of alkyl carbamates (subject to hydrolysis) is 1. The van der Waals surface area contributed by atoms with E-state index >= 15 is 0 Å². The Bertz CT molecular complexity index is 2320. The monoisotopic (exact) mass is 777 g/mol. The average molecular weight is 778 g/mol. The Morgan fingerprint density at radius 2 is 0.966 bits per heavy atom. The SMILES string of the molecule is Cc1ccc(C(OC(=O)[C@@H](NC(=O)OCC2c3ccccc3-c3ccccc32)[C@@H](C)OC(c2ccccc2)(c2ccccc2)c2ccccc2)c2ccc(C)cc2)cc1. The predicted molar refractivity (Wildman–Crippen MR) is 232 cm³/mol. The van der Waals surface area contributed by atoms with Crippen LogP contribution in [-0.4, -0.2) is 30.8 Å². The summed E-state index contributed by atoms with van der Waals surface area (Å²) in [6.07, 6.45) is -2.46. The van der Waals surface area contributed by atoms with Crippen molar-refractivity contribution in [3.05, 3.63) is 238 Å². The molecule has 0 bridgehead atoms. The van der Waals surface area contributed by atoms with Gasteiger partial charge in [0.2, 0.25) is 0 Å². The Kier molecular flexibility index (Phi) is 11.5. The molecule has 0 aliphatic heterocycles. The van der Waals surface area contributed by atoms with Crippen molar-refractivity contribution in [2.24, 2.45) is 0 Å². The fourth-order valence-electron chi connectivity index (χ4n) is 8.21. The normalized spacial score (nSPS) is 13.2. The Morgan fingerprint density at radius 3 is 1.41 bits per heavy atom. The van der Waals surface area contributed by atoms with Crippen LogP contribution in [0, 0.1) is 13.8 Å². The van der Waals surface area contributed by atoms with Gasteiger partial charge in [0.05, 0.1) is 6.10 Å². The van der Waals surface area contributed by atoms with Crippen molar-refractivity contribution in [2.45, 2.75) is 50.5 Å². The van der Waals surface area contributed by atoms with Gasteiger partial charge in [-0.2, -0.15) is 0 Å². The van der Waals surface area contributed by atoms with Crippen molar-refractivity contribution in [1.29, 1.82) is 0 Å². The highest BCUT2D eigenvalue weighted by molar-refractivity contribution is 5.83. The van der Waals surface area contributed by atoms with Crippen LogP contribution in [0.15, 0.2) is 188 Å². The summed E-state index contributed by atoms with van der Waals surface area (Å²) in [5.74, 6) is -0.832. The number of esters is 1. The number of rotatable bonds is 13. The van der Waals surface area contributed by atoms with E-state index in [0.29, 0.717) is 0 Å². The van der Waals surface area contributed by atoms with Gasteiger partial charge in [-0.05, 0) is 70.8 Å². The van der Waals surface area contributed by atoms with Crippen molar-refractivity contribution < 1.29 is 23.8 Å². The standard InChI is InChI=1S/C53H47NO5/c1-36-27-31-39(32-28-36)50(40-33-29-37(2)30-34-40)58-51(55)49(54-52(56)57-35-48-46-25-15-13-23-44(46)45-24-14-16-26-47(45)48)38(3)59-53(41-17-7-4-8-18-41,42-19-9-5-10-20-42)43-21-11-6-12-22-43/h4-34,38,48-50H,35H2,1-3H3,(H,54,56)/t38-,49+/m1/s1. The second kappa shape index (κ2) is 17.4. The molecule has 1 aliphatic carbocycles. The van der Waals surface area contributed by atoms with Crippen LogP contribution < -0.4 is 5.32 Å². The van der Waals surface area contributed by atoms with E-state index in [0.717, 1.165) is 61.2 Å². The molecule has 0 fully saturated rings. The van der Waals surface area contributed by atoms with E-state index < -0.39 is 35.9 Å². The van der Waals surface area contributed by atoms with Crippen LogP contribution in [0.3, 0.4) is 0 Å². The van der Waals surface area contributed by atoms with E-state index in [1.54, 1.807) is 6.92 Å². The molecular formula is C53H47NO5. The summed E-state index contributed by atoms with van der Waals surface area (Å²) >= 11 is 0. The zero-order valence-corrected chi connectivity index (χ0v) is 33.5. The lowest BCUT2D eigenvalue weighted by Gasteiger charge is -2.40. The van der Waals surface area contributed by atoms with Gasteiger partial charge in [-0.3, -0.25) is 0 Å². The third-order valence-electron chi connectivity index (χ3n) is 11.2. The molecule has 294 valence electrons. The summed E-state index contributed by atoms with van der Waals surface area (Å²) < 4.78 is 19.8. The van der Waals surface area contributed by atoms with E-state index in [9.17, 15) is 9.59 Å². The highest BCUT2D eigenvalue weighted by Gasteiger charge is 2.43. The van der Waals surface area contributed by atoms with Gasteiger partial charge in [-0.15, -0.1) is 0 Å². The average Bonchev–Trinajstić information content (AvgIpc) is 3.60. The number of hydrogen-bond acceptors (Lipinski definition) is 5. The van der Waals surface area contributed by atoms with E-state index in [4.69, 9.17) is 14.2 Å².